The first-order valence-electron chi connectivity index (χ1n) is 7.69. The normalized spacial score (nSPS) is 17.0. The van der Waals surface area contributed by atoms with Gasteiger partial charge in [0.2, 0.25) is 10.0 Å². The Balaban J connectivity index is 1.95. The van der Waals surface area contributed by atoms with Crippen LogP contribution in [0.1, 0.15) is 18.9 Å². The first-order chi connectivity index (χ1) is 11.4. The molecule has 7 nitrogen and oxygen atoms in total. The fraction of sp³-hybridized carbons (Fsp3) is 0.500. The van der Waals surface area contributed by atoms with E-state index in [2.05, 4.69) is 0 Å². The molecular weight excluding hydrogens is 332 g/mol. The van der Waals surface area contributed by atoms with Gasteiger partial charge in [0.25, 0.3) is 0 Å². The zero-order chi connectivity index (χ0) is 17.6. The maximum Gasteiger partial charge on any atom is 0.307 e. The van der Waals surface area contributed by atoms with E-state index in [0.717, 1.165) is 5.56 Å². The number of carbonyl (C=O) groups is 1. The number of sulfonamides is 1. The third kappa shape index (κ3) is 4.77. The van der Waals surface area contributed by atoms with Crippen molar-refractivity contribution in [3.05, 3.63) is 29.8 Å². The van der Waals surface area contributed by atoms with E-state index in [1.54, 1.807) is 24.3 Å². The molecule has 1 saturated heterocycles. The lowest BCUT2D eigenvalue weighted by molar-refractivity contribution is -0.145. The summed E-state index contributed by atoms with van der Waals surface area (Å²) in [6, 6.07) is 8.29. The molecule has 130 valence electrons. The molecule has 2 rings (SSSR count). The number of carbonyl (C=O) groups excluding carboxylic acids is 1. The highest BCUT2D eigenvalue weighted by molar-refractivity contribution is 7.89. The van der Waals surface area contributed by atoms with Gasteiger partial charge >= 0.3 is 5.97 Å². The van der Waals surface area contributed by atoms with E-state index in [4.69, 9.17) is 14.7 Å². The Hall–Kier alpha value is -1.95. The van der Waals surface area contributed by atoms with Crippen LogP contribution in [-0.2, 0) is 30.7 Å². The molecule has 0 amide bonds. The van der Waals surface area contributed by atoms with Crippen LogP contribution >= 0.6 is 0 Å². The van der Waals surface area contributed by atoms with Crippen LogP contribution in [-0.4, -0.2) is 51.1 Å². The maximum absolute atomic E-state index is 12.5. The van der Waals surface area contributed by atoms with Gasteiger partial charge in [0.05, 0.1) is 18.1 Å². The predicted molar refractivity (Wildman–Crippen MR) is 85.5 cm³/mol. The molecule has 0 bridgehead atoms. The summed E-state index contributed by atoms with van der Waals surface area (Å²) in [5.41, 5.74) is 0.831. The minimum absolute atomic E-state index is 0.140. The molecule has 0 unspecified atom stereocenters. The van der Waals surface area contributed by atoms with Crippen LogP contribution in [0.15, 0.2) is 29.2 Å². The third-order valence-electron chi connectivity index (χ3n) is 3.64. The highest BCUT2D eigenvalue weighted by Crippen LogP contribution is 2.18. The van der Waals surface area contributed by atoms with Crippen molar-refractivity contribution < 1.29 is 22.7 Å². The van der Waals surface area contributed by atoms with Gasteiger partial charge in [0.1, 0.15) is 6.07 Å². The number of esters is 1. The van der Waals surface area contributed by atoms with Crippen LogP contribution in [0.5, 0.6) is 0 Å². The van der Waals surface area contributed by atoms with E-state index in [9.17, 15) is 13.2 Å². The van der Waals surface area contributed by atoms with Gasteiger partial charge in [-0.25, -0.2) is 8.42 Å². The SMILES string of the molecule is C[C@H](C#N)OC(=O)CCc1ccc(S(=O)(=O)N2CCOCC2)cc1. The molecule has 0 aromatic heterocycles. The molecule has 0 aliphatic carbocycles. The van der Waals surface area contributed by atoms with Crippen molar-refractivity contribution in [2.45, 2.75) is 30.8 Å². The molecule has 0 spiro atoms. The van der Waals surface area contributed by atoms with Crippen molar-refractivity contribution in [2.24, 2.45) is 0 Å². The highest BCUT2D eigenvalue weighted by Gasteiger charge is 2.26. The van der Waals surface area contributed by atoms with Crippen molar-refractivity contribution in [1.82, 2.24) is 4.31 Å². The molecule has 0 N–H and O–H groups in total. The van der Waals surface area contributed by atoms with Gasteiger partial charge in [-0.05, 0) is 31.0 Å². The largest absolute Gasteiger partial charge is 0.447 e. The molecular formula is C16H20N2O5S. The second-order valence-corrected chi connectivity index (χ2v) is 7.36. The first-order valence-corrected chi connectivity index (χ1v) is 9.13. The van der Waals surface area contributed by atoms with Gasteiger partial charge in [-0.15, -0.1) is 0 Å². The molecule has 1 fully saturated rings. The summed E-state index contributed by atoms with van der Waals surface area (Å²) in [6.07, 6.45) is -0.199. The topological polar surface area (TPSA) is 96.7 Å². The summed E-state index contributed by atoms with van der Waals surface area (Å²) in [6.45, 7) is 3.02. The van der Waals surface area contributed by atoms with Gasteiger partial charge in [-0.1, -0.05) is 12.1 Å². The minimum Gasteiger partial charge on any atom is -0.447 e. The number of hydrogen-bond donors (Lipinski definition) is 0. The monoisotopic (exact) mass is 352 g/mol. The number of rotatable bonds is 6. The van der Waals surface area contributed by atoms with Crippen LogP contribution in [0.4, 0.5) is 0 Å². The predicted octanol–water partition coefficient (Wildman–Crippen LogP) is 1.10. The van der Waals surface area contributed by atoms with Crippen LogP contribution in [0.25, 0.3) is 0 Å². The van der Waals surface area contributed by atoms with E-state index in [0.29, 0.717) is 32.7 Å². The van der Waals surface area contributed by atoms with Crippen molar-refractivity contribution in [3.63, 3.8) is 0 Å². The molecule has 0 saturated carbocycles. The summed E-state index contributed by atoms with van der Waals surface area (Å²) in [5.74, 6) is -0.450. The van der Waals surface area contributed by atoms with Crippen molar-refractivity contribution in [3.8, 4) is 6.07 Å². The van der Waals surface area contributed by atoms with Crippen LogP contribution in [0, 0.1) is 11.3 Å². The number of morpholine rings is 1. The average Bonchev–Trinajstić information content (AvgIpc) is 2.61. The van der Waals surface area contributed by atoms with Crippen molar-refractivity contribution >= 4 is 16.0 Å². The Bertz CT molecular complexity index is 703. The fourth-order valence-corrected chi connectivity index (χ4v) is 3.70. The van der Waals surface area contributed by atoms with Gasteiger partial charge < -0.3 is 9.47 Å². The molecule has 1 atom stereocenters. The molecule has 1 heterocycles. The average molecular weight is 352 g/mol. The van der Waals surface area contributed by atoms with Gasteiger partial charge in [-0.2, -0.15) is 9.57 Å². The summed E-state index contributed by atoms with van der Waals surface area (Å²) in [7, 11) is -3.50. The molecule has 1 aromatic carbocycles. The minimum atomic E-state index is -3.50. The van der Waals surface area contributed by atoms with Crippen molar-refractivity contribution in [2.75, 3.05) is 26.3 Å². The Morgan fingerprint density at radius 2 is 1.96 bits per heavy atom. The molecule has 1 aliphatic heterocycles. The van der Waals surface area contributed by atoms with Gasteiger partial charge in [0.15, 0.2) is 6.10 Å². The number of aryl methyl sites for hydroxylation is 1. The van der Waals surface area contributed by atoms with E-state index in [-0.39, 0.29) is 11.3 Å². The van der Waals surface area contributed by atoms with E-state index in [1.165, 1.54) is 11.2 Å². The highest BCUT2D eigenvalue weighted by atomic mass is 32.2. The number of nitriles is 1. The Kier molecular flexibility index (Phi) is 6.31. The maximum atomic E-state index is 12.5. The lowest BCUT2D eigenvalue weighted by Crippen LogP contribution is -2.40. The number of nitrogens with zero attached hydrogens (tertiary/aromatic N) is 2. The van der Waals surface area contributed by atoms with Crippen LogP contribution in [0.2, 0.25) is 0 Å². The molecule has 8 heteroatoms. The Morgan fingerprint density at radius 1 is 1.33 bits per heavy atom. The standard InChI is InChI=1S/C16H20N2O5S/c1-13(12-17)23-16(19)7-4-14-2-5-15(6-3-14)24(20,21)18-8-10-22-11-9-18/h2-3,5-6,13H,4,7-11H2,1H3/t13-/m1/s1. The molecule has 24 heavy (non-hydrogen) atoms. The zero-order valence-corrected chi connectivity index (χ0v) is 14.3. The number of hydrogen-bond acceptors (Lipinski definition) is 6. The summed E-state index contributed by atoms with van der Waals surface area (Å²) >= 11 is 0. The molecule has 1 aliphatic rings. The summed E-state index contributed by atoms with van der Waals surface area (Å²) in [5, 5.41) is 8.59. The van der Waals surface area contributed by atoms with E-state index >= 15 is 0 Å². The van der Waals surface area contributed by atoms with Crippen LogP contribution in [0.3, 0.4) is 0 Å². The molecule has 0 radical (unpaired) electrons. The number of ether oxygens (including phenoxy) is 2. The van der Waals surface area contributed by atoms with Crippen molar-refractivity contribution in [1.29, 1.82) is 5.26 Å². The summed E-state index contributed by atoms with van der Waals surface area (Å²) in [4.78, 5) is 11.8. The third-order valence-corrected chi connectivity index (χ3v) is 5.55. The van der Waals surface area contributed by atoms with Crippen LogP contribution < -0.4 is 0 Å². The summed E-state index contributed by atoms with van der Waals surface area (Å²) < 4.78 is 36.4. The fourth-order valence-electron chi connectivity index (χ4n) is 2.29. The Morgan fingerprint density at radius 3 is 2.54 bits per heavy atom. The van der Waals surface area contributed by atoms with E-state index < -0.39 is 22.1 Å². The quantitative estimate of drug-likeness (QED) is 0.711. The Labute approximate surface area is 141 Å². The first kappa shape index (κ1) is 18.4. The molecule has 1 aromatic rings. The lowest BCUT2D eigenvalue weighted by Gasteiger charge is -2.26. The second kappa shape index (κ2) is 8.24. The van der Waals surface area contributed by atoms with Gasteiger partial charge in [-0.3, -0.25) is 4.79 Å². The van der Waals surface area contributed by atoms with Gasteiger partial charge in [0, 0.05) is 19.5 Å². The zero-order valence-electron chi connectivity index (χ0n) is 13.5. The second-order valence-electron chi connectivity index (χ2n) is 5.42. The number of benzene rings is 1. The smallest absolute Gasteiger partial charge is 0.307 e. The van der Waals surface area contributed by atoms with E-state index in [1.807, 2.05) is 6.07 Å². The lowest BCUT2D eigenvalue weighted by atomic mass is 10.1.